The molecule has 4 aromatic rings. The first kappa shape index (κ1) is 13.9. The van der Waals surface area contributed by atoms with Gasteiger partial charge in [0.25, 0.3) is 0 Å². The van der Waals surface area contributed by atoms with Crippen LogP contribution in [0.2, 0.25) is 5.02 Å². The minimum absolute atomic E-state index is 0.215. The van der Waals surface area contributed by atoms with Gasteiger partial charge in [0.15, 0.2) is 0 Å². The molecule has 3 nitrogen and oxygen atoms in total. The zero-order chi connectivity index (χ0) is 15.8. The lowest BCUT2D eigenvalue weighted by molar-refractivity contribution is 0.476. The van der Waals surface area contributed by atoms with Crippen LogP contribution in [0.5, 0.6) is 5.75 Å². The van der Waals surface area contributed by atoms with Crippen molar-refractivity contribution in [2.75, 3.05) is 0 Å². The third-order valence-electron chi connectivity index (χ3n) is 3.75. The predicted octanol–water partition coefficient (Wildman–Crippen LogP) is 5.05. The molecule has 1 heterocycles. The average Bonchev–Trinajstić information content (AvgIpc) is 2.95. The summed E-state index contributed by atoms with van der Waals surface area (Å²) in [5.74, 6) is 1.04. The van der Waals surface area contributed by atoms with Crippen LogP contribution in [-0.2, 0) is 0 Å². The van der Waals surface area contributed by atoms with Crippen LogP contribution in [0.15, 0.2) is 72.8 Å². The lowest BCUT2D eigenvalue weighted by atomic mass is 10.2. The van der Waals surface area contributed by atoms with Crippen LogP contribution in [0.4, 0.5) is 0 Å². The van der Waals surface area contributed by atoms with Crippen molar-refractivity contribution in [2.24, 2.45) is 0 Å². The number of aromatic hydroxyl groups is 1. The molecule has 3 aromatic carbocycles. The number of hydrogen-bond acceptors (Lipinski definition) is 2. The van der Waals surface area contributed by atoms with Gasteiger partial charge in [-0.25, -0.2) is 4.98 Å². The molecule has 4 heteroatoms. The van der Waals surface area contributed by atoms with E-state index < -0.39 is 0 Å². The van der Waals surface area contributed by atoms with Gasteiger partial charge in [0.2, 0.25) is 0 Å². The zero-order valence-corrected chi connectivity index (χ0v) is 12.9. The highest BCUT2D eigenvalue weighted by Gasteiger charge is 2.14. The molecular formula is C19H13ClN2O. The number of aromatic nitrogens is 2. The van der Waals surface area contributed by atoms with E-state index in [0.717, 1.165) is 28.1 Å². The van der Waals surface area contributed by atoms with Crippen molar-refractivity contribution < 1.29 is 5.11 Å². The molecule has 23 heavy (non-hydrogen) atoms. The maximum atomic E-state index is 9.86. The quantitative estimate of drug-likeness (QED) is 0.561. The van der Waals surface area contributed by atoms with Crippen LogP contribution < -0.4 is 0 Å². The van der Waals surface area contributed by atoms with E-state index in [0.29, 0.717) is 5.02 Å². The van der Waals surface area contributed by atoms with E-state index in [1.54, 1.807) is 12.1 Å². The topological polar surface area (TPSA) is 38.1 Å². The van der Waals surface area contributed by atoms with Gasteiger partial charge in [0.05, 0.1) is 11.0 Å². The summed E-state index contributed by atoms with van der Waals surface area (Å²) in [5.41, 5.74) is 3.64. The van der Waals surface area contributed by atoms with Crippen LogP contribution in [0.3, 0.4) is 0 Å². The summed E-state index contributed by atoms with van der Waals surface area (Å²) in [4.78, 5) is 4.74. The second kappa shape index (κ2) is 5.45. The Morgan fingerprint density at radius 2 is 1.61 bits per heavy atom. The molecule has 0 aliphatic carbocycles. The van der Waals surface area contributed by atoms with E-state index in [2.05, 4.69) is 0 Å². The second-order valence-electron chi connectivity index (χ2n) is 5.29. The number of phenolic OH excluding ortho intramolecular Hbond substituents is 1. The van der Waals surface area contributed by atoms with Crippen molar-refractivity contribution in [3.05, 3.63) is 77.8 Å². The highest BCUT2D eigenvalue weighted by molar-refractivity contribution is 6.30. The lowest BCUT2D eigenvalue weighted by Crippen LogP contribution is -1.97. The Labute approximate surface area is 138 Å². The lowest BCUT2D eigenvalue weighted by Gasteiger charge is -2.10. The standard InChI is InChI=1S/C19H13ClN2O/c20-14-6-8-15(9-7-14)22-18-12-16(23)10-11-17(18)21-19(22)13-4-2-1-3-5-13/h1-12,23H. The summed E-state index contributed by atoms with van der Waals surface area (Å²) in [6, 6.07) is 22.8. The van der Waals surface area contributed by atoms with Crippen molar-refractivity contribution in [1.29, 1.82) is 0 Å². The van der Waals surface area contributed by atoms with Crippen LogP contribution in [-0.4, -0.2) is 14.7 Å². The number of halogens is 1. The van der Waals surface area contributed by atoms with E-state index in [9.17, 15) is 5.11 Å². The fourth-order valence-electron chi connectivity index (χ4n) is 2.70. The van der Waals surface area contributed by atoms with Crippen LogP contribution >= 0.6 is 11.6 Å². The minimum Gasteiger partial charge on any atom is -0.508 e. The Balaban J connectivity index is 2.06. The molecule has 0 saturated carbocycles. The summed E-state index contributed by atoms with van der Waals surface area (Å²) in [7, 11) is 0. The molecule has 0 aliphatic heterocycles. The Bertz CT molecular complexity index is 976. The Hall–Kier alpha value is -2.78. The van der Waals surface area contributed by atoms with Gasteiger partial charge in [0, 0.05) is 22.3 Å². The van der Waals surface area contributed by atoms with Crippen molar-refractivity contribution in [3.8, 4) is 22.8 Å². The van der Waals surface area contributed by atoms with Gasteiger partial charge in [-0.05, 0) is 36.4 Å². The molecule has 0 amide bonds. The Kier molecular flexibility index (Phi) is 3.28. The first-order valence-electron chi connectivity index (χ1n) is 7.25. The average molecular weight is 321 g/mol. The predicted molar refractivity (Wildman–Crippen MR) is 93.2 cm³/mol. The third-order valence-corrected chi connectivity index (χ3v) is 4.01. The normalized spacial score (nSPS) is 11.0. The monoisotopic (exact) mass is 320 g/mol. The maximum absolute atomic E-state index is 9.86. The molecule has 1 N–H and O–H groups in total. The second-order valence-corrected chi connectivity index (χ2v) is 5.72. The maximum Gasteiger partial charge on any atom is 0.145 e. The molecule has 112 valence electrons. The smallest absolute Gasteiger partial charge is 0.145 e. The van der Waals surface area contributed by atoms with Crippen molar-refractivity contribution >= 4 is 22.6 Å². The summed E-state index contributed by atoms with van der Waals surface area (Å²) < 4.78 is 2.03. The van der Waals surface area contributed by atoms with Gasteiger partial charge in [-0.15, -0.1) is 0 Å². The van der Waals surface area contributed by atoms with E-state index in [-0.39, 0.29) is 5.75 Å². The summed E-state index contributed by atoms with van der Waals surface area (Å²) in [5, 5.41) is 10.5. The van der Waals surface area contributed by atoms with E-state index in [4.69, 9.17) is 16.6 Å². The zero-order valence-electron chi connectivity index (χ0n) is 12.1. The van der Waals surface area contributed by atoms with Crippen molar-refractivity contribution in [2.45, 2.75) is 0 Å². The first-order valence-corrected chi connectivity index (χ1v) is 7.63. The van der Waals surface area contributed by atoms with Crippen molar-refractivity contribution in [3.63, 3.8) is 0 Å². The SMILES string of the molecule is Oc1ccc2nc(-c3ccccc3)n(-c3ccc(Cl)cc3)c2c1. The Morgan fingerprint density at radius 1 is 0.870 bits per heavy atom. The van der Waals surface area contributed by atoms with Gasteiger partial charge >= 0.3 is 0 Å². The number of fused-ring (bicyclic) bond motifs is 1. The molecular weight excluding hydrogens is 308 g/mol. The number of hydrogen-bond donors (Lipinski definition) is 1. The molecule has 4 rings (SSSR count). The van der Waals surface area contributed by atoms with E-state index >= 15 is 0 Å². The van der Waals surface area contributed by atoms with Crippen LogP contribution in [0.1, 0.15) is 0 Å². The molecule has 0 radical (unpaired) electrons. The highest BCUT2D eigenvalue weighted by atomic mass is 35.5. The molecule has 1 aromatic heterocycles. The first-order chi connectivity index (χ1) is 11.2. The fourth-order valence-corrected chi connectivity index (χ4v) is 2.82. The van der Waals surface area contributed by atoms with Gasteiger partial charge < -0.3 is 5.11 Å². The van der Waals surface area contributed by atoms with E-state index in [1.165, 1.54) is 0 Å². The summed E-state index contributed by atoms with van der Waals surface area (Å²) in [6.07, 6.45) is 0. The number of imidazole rings is 1. The number of rotatable bonds is 2. The number of benzene rings is 3. The summed E-state index contributed by atoms with van der Waals surface area (Å²) in [6.45, 7) is 0. The molecule has 0 aliphatic rings. The number of phenols is 1. The highest BCUT2D eigenvalue weighted by Crippen LogP contribution is 2.30. The van der Waals surface area contributed by atoms with Crippen LogP contribution in [0, 0.1) is 0 Å². The van der Waals surface area contributed by atoms with Crippen molar-refractivity contribution in [1.82, 2.24) is 9.55 Å². The van der Waals surface area contributed by atoms with Gasteiger partial charge in [-0.1, -0.05) is 41.9 Å². The molecule has 0 unspecified atom stereocenters. The number of nitrogens with zero attached hydrogens (tertiary/aromatic N) is 2. The molecule has 0 saturated heterocycles. The van der Waals surface area contributed by atoms with Gasteiger partial charge in [-0.2, -0.15) is 0 Å². The van der Waals surface area contributed by atoms with Gasteiger partial charge in [0.1, 0.15) is 11.6 Å². The molecule has 0 atom stereocenters. The third kappa shape index (κ3) is 2.45. The molecule has 0 bridgehead atoms. The summed E-state index contributed by atoms with van der Waals surface area (Å²) >= 11 is 6.01. The largest absolute Gasteiger partial charge is 0.508 e. The molecule has 0 fully saturated rings. The fraction of sp³-hybridized carbons (Fsp3) is 0. The molecule has 0 spiro atoms. The van der Waals surface area contributed by atoms with E-state index in [1.807, 2.05) is 65.2 Å². The van der Waals surface area contributed by atoms with Crippen LogP contribution in [0.25, 0.3) is 28.1 Å². The van der Waals surface area contributed by atoms with Gasteiger partial charge in [-0.3, -0.25) is 4.57 Å². The Morgan fingerprint density at radius 3 is 2.35 bits per heavy atom. The minimum atomic E-state index is 0.215.